The Morgan fingerprint density at radius 1 is 1.29 bits per heavy atom. The average molecular weight is 348 g/mol. The highest BCUT2D eigenvalue weighted by atomic mass is 32.1. The zero-order chi connectivity index (χ0) is 17.1. The number of nitrogens with zero attached hydrogens (tertiary/aromatic N) is 1. The molecule has 0 unspecified atom stereocenters. The van der Waals surface area contributed by atoms with Gasteiger partial charge in [0.1, 0.15) is 5.76 Å². The monoisotopic (exact) mass is 348 g/mol. The number of carboxylic acids is 1. The van der Waals surface area contributed by atoms with E-state index in [0.717, 1.165) is 35.7 Å². The lowest BCUT2D eigenvalue weighted by Crippen LogP contribution is -2.44. The van der Waals surface area contributed by atoms with E-state index in [1.54, 1.807) is 6.07 Å². The first-order valence-corrected chi connectivity index (χ1v) is 8.74. The largest absolute Gasteiger partial charge is 0.475 e. The number of likely N-dealkylation sites (tertiary alicyclic amines) is 1. The van der Waals surface area contributed by atoms with Crippen LogP contribution in [-0.2, 0) is 6.54 Å². The van der Waals surface area contributed by atoms with Crippen LogP contribution < -0.4 is 5.32 Å². The molecular weight excluding hydrogens is 328 g/mol. The molecule has 0 aliphatic carbocycles. The SMILES string of the molecule is Cc1ccc(C(=O)NC2CCN(Cc3ccc(C(=O)O)o3)CC2)s1. The Labute approximate surface area is 144 Å². The molecule has 1 aliphatic rings. The van der Waals surface area contributed by atoms with E-state index in [-0.39, 0.29) is 17.7 Å². The lowest BCUT2D eigenvalue weighted by atomic mass is 10.0. The average Bonchev–Trinajstić information content (AvgIpc) is 3.18. The lowest BCUT2D eigenvalue weighted by Gasteiger charge is -2.31. The molecule has 3 heterocycles. The summed E-state index contributed by atoms with van der Waals surface area (Å²) >= 11 is 1.51. The minimum absolute atomic E-state index is 0.00341. The van der Waals surface area contributed by atoms with E-state index in [0.29, 0.717) is 12.3 Å². The van der Waals surface area contributed by atoms with E-state index >= 15 is 0 Å². The molecule has 0 atom stereocenters. The normalized spacial score (nSPS) is 16.2. The molecule has 3 rings (SSSR count). The van der Waals surface area contributed by atoms with Gasteiger partial charge in [0, 0.05) is 24.0 Å². The van der Waals surface area contributed by atoms with Crippen LogP contribution in [0.15, 0.2) is 28.7 Å². The molecular formula is C17H20N2O4S. The van der Waals surface area contributed by atoms with E-state index in [4.69, 9.17) is 9.52 Å². The number of hydrogen-bond donors (Lipinski definition) is 2. The van der Waals surface area contributed by atoms with E-state index in [9.17, 15) is 9.59 Å². The standard InChI is InChI=1S/C17H20N2O4S/c1-11-2-5-15(24-11)16(20)18-12-6-8-19(9-7-12)10-13-3-4-14(23-13)17(21)22/h2-5,12H,6-10H2,1H3,(H,18,20)(H,21,22). The number of furan rings is 1. The quantitative estimate of drug-likeness (QED) is 0.868. The number of nitrogens with one attached hydrogen (secondary N) is 1. The van der Waals surface area contributed by atoms with Gasteiger partial charge in [-0.25, -0.2) is 4.79 Å². The third-order valence-corrected chi connectivity index (χ3v) is 5.14. The van der Waals surface area contributed by atoms with Crippen molar-refractivity contribution in [2.24, 2.45) is 0 Å². The van der Waals surface area contributed by atoms with Gasteiger partial charge in [-0.1, -0.05) is 0 Å². The third-order valence-electron chi connectivity index (χ3n) is 4.14. The van der Waals surface area contributed by atoms with Crippen molar-refractivity contribution in [2.45, 2.75) is 32.4 Å². The number of aromatic carboxylic acids is 1. The summed E-state index contributed by atoms with van der Waals surface area (Å²) in [5.74, 6) is -0.419. The molecule has 1 aliphatic heterocycles. The Hall–Kier alpha value is -2.12. The fourth-order valence-electron chi connectivity index (χ4n) is 2.85. The topological polar surface area (TPSA) is 82.8 Å². The predicted octanol–water partition coefficient (Wildman–Crippen LogP) is 2.74. The van der Waals surface area contributed by atoms with Gasteiger partial charge in [-0.05, 0) is 44.0 Å². The Balaban J connectivity index is 1.46. The fourth-order valence-corrected chi connectivity index (χ4v) is 3.62. The van der Waals surface area contributed by atoms with Crippen LogP contribution in [0.25, 0.3) is 0 Å². The molecule has 6 nitrogen and oxygen atoms in total. The summed E-state index contributed by atoms with van der Waals surface area (Å²) in [6, 6.07) is 7.19. The maximum atomic E-state index is 12.2. The third kappa shape index (κ3) is 4.04. The molecule has 7 heteroatoms. The maximum absolute atomic E-state index is 12.2. The van der Waals surface area contributed by atoms with Gasteiger partial charge in [-0.2, -0.15) is 0 Å². The second kappa shape index (κ2) is 7.19. The van der Waals surface area contributed by atoms with Crippen molar-refractivity contribution in [1.82, 2.24) is 10.2 Å². The molecule has 128 valence electrons. The van der Waals surface area contributed by atoms with Gasteiger partial charge in [-0.15, -0.1) is 11.3 Å². The van der Waals surface area contributed by atoms with Crippen molar-refractivity contribution in [2.75, 3.05) is 13.1 Å². The molecule has 24 heavy (non-hydrogen) atoms. The first-order chi connectivity index (χ1) is 11.5. The van der Waals surface area contributed by atoms with Gasteiger partial charge in [0.15, 0.2) is 0 Å². The fraction of sp³-hybridized carbons (Fsp3) is 0.412. The zero-order valence-corrected chi connectivity index (χ0v) is 14.3. The van der Waals surface area contributed by atoms with Gasteiger partial charge in [0.2, 0.25) is 5.76 Å². The number of carbonyl (C=O) groups is 2. The molecule has 1 saturated heterocycles. The van der Waals surface area contributed by atoms with Gasteiger partial charge in [0.25, 0.3) is 5.91 Å². The molecule has 0 aromatic carbocycles. The smallest absolute Gasteiger partial charge is 0.371 e. The van der Waals surface area contributed by atoms with Crippen molar-refractivity contribution in [3.63, 3.8) is 0 Å². The van der Waals surface area contributed by atoms with Gasteiger partial charge in [-0.3, -0.25) is 9.69 Å². The first kappa shape index (κ1) is 16.7. The summed E-state index contributed by atoms with van der Waals surface area (Å²) in [5, 5.41) is 12.0. The molecule has 0 spiro atoms. The van der Waals surface area contributed by atoms with Crippen LogP contribution in [0.1, 0.15) is 43.7 Å². The van der Waals surface area contributed by atoms with Crippen LogP contribution in [0.5, 0.6) is 0 Å². The number of amides is 1. The van der Waals surface area contributed by atoms with E-state index in [1.165, 1.54) is 17.4 Å². The lowest BCUT2D eigenvalue weighted by molar-refractivity contribution is 0.0657. The highest BCUT2D eigenvalue weighted by Crippen LogP contribution is 2.18. The van der Waals surface area contributed by atoms with Crippen molar-refractivity contribution in [1.29, 1.82) is 0 Å². The van der Waals surface area contributed by atoms with E-state index < -0.39 is 5.97 Å². The molecule has 1 amide bonds. The summed E-state index contributed by atoms with van der Waals surface area (Å²) in [5.41, 5.74) is 0. The summed E-state index contributed by atoms with van der Waals surface area (Å²) in [6.45, 7) is 4.28. The van der Waals surface area contributed by atoms with E-state index in [1.807, 2.05) is 19.1 Å². The van der Waals surface area contributed by atoms with Crippen molar-refractivity contribution in [3.8, 4) is 0 Å². The predicted molar refractivity (Wildman–Crippen MR) is 90.5 cm³/mol. The van der Waals surface area contributed by atoms with Crippen molar-refractivity contribution >= 4 is 23.2 Å². The van der Waals surface area contributed by atoms with Crippen LogP contribution in [0.4, 0.5) is 0 Å². The molecule has 0 saturated carbocycles. The number of carbonyl (C=O) groups excluding carboxylic acids is 1. The second-order valence-electron chi connectivity index (χ2n) is 6.01. The van der Waals surface area contributed by atoms with Crippen LogP contribution in [0, 0.1) is 6.92 Å². The summed E-state index contributed by atoms with van der Waals surface area (Å²) in [4.78, 5) is 27.1. The number of piperidine rings is 1. The van der Waals surface area contributed by atoms with Crippen molar-refractivity contribution < 1.29 is 19.1 Å². The zero-order valence-electron chi connectivity index (χ0n) is 13.4. The first-order valence-electron chi connectivity index (χ1n) is 7.93. The number of rotatable bonds is 5. The van der Waals surface area contributed by atoms with Crippen LogP contribution >= 0.6 is 11.3 Å². The van der Waals surface area contributed by atoms with Crippen molar-refractivity contribution in [3.05, 3.63) is 45.5 Å². The summed E-state index contributed by atoms with van der Waals surface area (Å²) < 4.78 is 5.29. The second-order valence-corrected chi connectivity index (χ2v) is 7.29. The maximum Gasteiger partial charge on any atom is 0.371 e. The van der Waals surface area contributed by atoms with Gasteiger partial charge >= 0.3 is 5.97 Å². The number of carboxylic acid groups (broad SMARTS) is 1. The van der Waals surface area contributed by atoms with E-state index in [2.05, 4.69) is 10.2 Å². The van der Waals surface area contributed by atoms with Crippen LogP contribution in [0.3, 0.4) is 0 Å². The highest BCUT2D eigenvalue weighted by molar-refractivity contribution is 7.13. The molecule has 2 N–H and O–H groups in total. The van der Waals surface area contributed by atoms with Gasteiger partial charge in [0.05, 0.1) is 11.4 Å². The molecule has 1 fully saturated rings. The number of thiophene rings is 1. The Morgan fingerprint density at radius 3 is 2.62 bits per heavy atom. The summed E-state index contributed by atoms with van der Waals surface area (Å²) in [6.07, 6.45) is 1.76. The Kier molecular flexibility index (Phi) is 5.01. The Bertz CT molecular complexity index is 729. The van der Waals surface area contributed by atoms with Crippen LogP contribution in [0.2, 0.25) is 0 Å². The number of hydrogen-bond acceptors (Lipinski definition) is 5. The number of aryl methyl sites for hydroxylation is 1. The molecule has 2 aromatic heterocycles. The minimum atomic E-state index is -1.05. The highest BCUT2D eigenvalue weighted by Gasteiger charge is 2.22. The van der Waals surface area contributed by atoms with Crippen LogP contribution in [-0.4, -0.2) is 41.0 Å². The molecule has 0 radical (unpaired) electrons. The summed E-state index contributed by atoms with van der Waals surface area (Å²) in [7, 11) is 0. The molecule has 0 bridgehead atoms. The Morgan fingerprint density at radius 2 is 2.04 bits per heavy atom. The minimum Gasteiger partial charge on any atom is -0.475 e. The molecule has 2 aromatic rings. The van der Waals surface area contributed by atoms with Gasteiger partial charge < -0.3 is 14.8 Å².